The molecule has 4 nitrogen and oxygen atoms in total. The van der Waals surface area contributed by atoms with Gasteiger partial charge in [0, 0.05) is 10.6 Å². The number of carbonyl (C=O) groups is 2. The minimum atomic E-state index is -0.636. The van der Waals surface area contributed by atoms with E-state index in [0.717, 1.165) is 11.1 Å². The van der Waals surface area contributed by atoms with E-state index in [4.69, 9.17) is 11.6 Å². The molecule has 31 heavy (non-hydrogen) atoms. The summed E-state index contributed by atoms with van der Waals surface area (Å²) in [5, 5.41) is 1.61. The Morgan fingerprint density at radius 1 is 1.13 bits per heavy atom. The van der Waals surface area contributed by atoms with E-state index in [1.807, 2.05) is 42.5 Å². The quantitative estimate of drug-likeness (QED) is 0.549. The average Bonchev–Trinajstić information content (AvgIpc) is 3.14. The number of nitrogens with one attached hydrogen (secondary N) is 1. The van der Waals surface area contributed by atoms with Crippen molar-refractivity contribution in [1.29, 1.82) is 0 Å². The molecule has 1 N–H and O–H groups in total. The van der Waals surface area contributed by atoms with Crippen molar-refractivity contribution in [3.63, 3.8) is 0 Å². The van der Waals surface area contributed by atoms with Crippen molar-refractivity contribution in [2.45, 2.75) is 18.2 Å². The third-order valence-corrected chi connectivity index (χ3v) is 6.69. The number of hydrogen-bond donors (Lipinski definition) is 1. The molecule has 1 heterocycles. The van der Waals surface area contributed by atoms with Crippen LogP contribution >= 0.6 is 23.4 Å². The fourth-order valence-electron chi connectivity index (χ4n) is 3.44. The Labute approximate surface area is 189 Å². The van der Waals surface area contributed by atoms with Crippen LogP contribution in [0.25, 0.3) is 11.1 Å². The molecular formula is C24H20ClFN2O2S. The first-order valence-corrected chi connectivity index (χ1v) is 11.2. The summed E-state index contributed by atoms with van der Waals surface area (Å²) < 4.78 is 14.7. The summed E-state index contributed by atoms with van der Waals surface area (Å²) in [4.78, 5) is 25.3. The second kappa shape index (κ2) is 9.12. The van der Waals surface area contributed by atoms with E-state index in [2.05, 4.69) is 5.43 Å². The van der Waals surface area contributed by atoms with Crippen LogP contribution < -0.4 is 5.43 Å². The lowest BCUT2D eigenvalue weighted by atomic mass is 9.96. The Morgan fingerprint density at radius 2 is 1.84 bits per heavy atom. The molecular weight excluding hydrogens is 435 g/mol. The second-order valence-electron chi connectivity index (χ2n) is 7.28. The number of halogens is 2. The van der Waals surface area contributed by atoms with Crippen LogP contribution in [0.15, 0.2) is 72.8 Å². The molecule has 1 saturated heterocycles. The van der Waals surface area contributed by atoms with Crippen molar-refractivity contribution < 1.29 is 14.0 Å². The van der Waals surface area contributed by atoms with E-state index >= 15 is 0 Å². The van der Waals surface area contributed by atoms with Gasteiger partial charge < -0.3 is 0 Å². The van der Waals surface area contributed by atoms with Gasteiger partial charge in [0.05, 0.1) is 11.7 Å². The molecule has 7 heteroatoms. The summed E-state index contributed by atoms with van der Waals surface area (Å²) in [5.74, 6) is -1.32. The third kappa shape index (κ3) is 4.60. The minimum absolute atomic E-state index is 0.184. The first-order chi connectivity index (χ1) is 14.9. The van der Waals surface area contributed by atoms with Crippen molar-refractivity contribution in [3.05, 3.63) is 94.8 Å². The van der Waals surface area contributed by atoms with Gasteiger partial charge in [0.2, 0.25) is 5.91 Å². The van der Waals surface area contributed by atoms with Gasteiger partial charge in [-0.1, -0.05) is 66.2 Å². The first-order valence-electron chi connectivity index (χ1n) is 9.78. The van der Waals surface area contributed by atoms with Crippen molar-refractivity contribution >= 4 is 35.2 Å². The summed E-state index contributed by atoms with van der Waals surface area (Å²) in [5.41, 5.74) is 5.38. The predicted molar refractivity (Wildman–Crippen MR) is 122 cm³/mol. The Morgan fingerprint density at radius 3 is 2.52 bits per heavy atom. The van der Waals surface area contributed by atoms with Gasteiger partial charge in [0.1, 0.15) is 11.2 Å². The van der Waals surface area contributed by atoms with Crippen LogP contribution in [0, 0.1) is 5.82 Å². The van der Waals surface area contributed by atoms with Gasteiger partial charge in [0.15, 0.2) is 0 Å². The monoisotopic (exact) mass is 454 g/mol. The molecule has 0 aromatic heterocycles. The van der Waals surface area contributed by atoms with Crippen molar-refractivity contribution in [2.24, 2.45) is 0 Å². The molecule has 2 unspecified atom stereocenters. The van der Waals surface area contributed by atoms with Crippen LogP contribution in [0.3, 0.4) is 0 Å². The van der Waals surface area contributed by atoms with Crippen LogP contribution in [0.1, 0.15) is 29.3 Å². The minimum Gasteiger partial charge on any atom is -0.273 e. The van der Waals surface area contributed by atoms with E-state index in [-0.39, 0.29) is 22.9 Å². The van der Waals surface area contributed by atoms with E-state index in [9.17, 15) is 14.0 Å². The van der Waals surface area contributed by atoms with Crippen LogP contribution in [-0.4, -0.2) is 22.6 Å². The molecule has 0 spiro atoms. The van der Waals surface area contributed by atoms with Crippen LogP contribution in [0.5, 0.6) is 0 Å². The first kappa shape index (κ1) is 21.4. The SMILES string of the molecule is CC(C(=O)NN1C(=O)CSC1c1ccc(Cl)cc1)c1ccc(-c2ccccc2)c(F)c1. The Balaban J connectivity index is 1.50. The molecule has 2 atom stereocenters. The zero-order valence-electron chi connectivity index (χ0n) is 16.7. The normalized spacial score (nSPS) is 16.9. The largest absolute Gasteiger partial charge is 0.273 e. The lowest BCUT2D eigenvalue weighted by molar-refractivity contribution is -0.140. The highest BCUT2D eigenvalue weighted by Gasteiger charge is 2.35. The predicted octanol–water partition coefficient (Wildman–Crippen LogP) is 5.56. The van der Waals surface area contributed by atoms with E-state index < -0.39 is 11.7 Å². The molecule has 158 valence electrons. The van der Waals surface area contributed by atoms with Crippen LogP contribution in [0.4, 0.5) is 4.39 Å². The number of amides is 2. The molecule has 4 rings (SSSR count). The van der Waals surface area contributed by atoms with Gasteiger partial charge in [-0.3, -0.25) is 15.0 Å². The topological polar surface area (TPSA) is 49.4 Å². The maximum Gasteiger partial charge on any atom is 0.252 e. The number of nitrogens with zero attached hydrogens (tertiary/aromatic N) is 1. The molecule has 0 aliphatic carbocycles. The lowest BCUT2D eigenvalue weighted by Crippen LogP contribution is -2.46. The number of hydrazine groups is 1. The maximum atomic E-state index is 14.7. The molecule has 0 saturated carbocycles. The van der Waals surface area contributed by atoms with E-state index in [1.165, 1.54) is 22.8 Å². The van der Waals surface area contributed by atoms with Crippen molar-refractivity contribution in [2.75, 3.05) is 5.75 Å². The number of hydrogen-bond acceptors (Lipinski definition) is 3. The summed E-state index contributed by atoms with van der Waals surface area (Å²) in [6.07, 6.45) is 0. The zero-order chi connectivity index (χ0) is 22.0. The molecule has 2 amide bonds. The summed E-state index contributed by atoms with van der Waals surface area (Å²) in [6.45, 7) is 1.69. The number of thioether (sulfide) groups is 1. The fourth-order valence-corrected chi connectivity index (χ4v) is 4.67. The van der Waals surface area contributed by atoms with Gasteiger partial charge in [-0.25, -0.2) is 9.40 Å². The standard InChI is InChI=1S/C24H20ClFN2O2S/c1-15(18-9-12-20(21(26)13-18)16-5-3-2-4-6-16)23(30)27-28-22(29)14-31-24(28)17-7-10-19(25)11-8-17/h2-13,15,24H,14H2,1H3,(H,27,30). The molecule has 0 bridgehead atoms. The summed E-state index contributed by atoms with van der Waals surface area (Å²) in [6, 6.07) is 21.2. The van der Waals surface area contributed by atoms with Crippen molar-refractivity contribution in [1.82, 2.24) is 10.4 Å². The number of carbonyl (C=O) groups excluding carboxylic acids is 2. The summed E-state index contributed by atoms with van der Waals surface area (Å²) >= 11 is 7.38. The van der Waals surface area contributed by atoms with Crippen LogP contribution in [0.2, 0.25) is 5.02 Å². The Hall–Kier alpha value is -2.83. The Bertz CT molecular complexity index is 1110. The van der Waals surface area contributed by atoms with E-state index in [0.29, 0.717) is 16.1 Å². The molecule has 3 aromatic rings. The zero-order valence-corrected chi connectivity index (χ0v) is 18.3. The lowest BCUT2D eigenvalue weighted by Gasteiger charge is -2.26. The molecule has 1 aliphatic rings. The summed E-state index contributed by atoms with van der Waals surface area (Å²) in [7, 11) is 0. The highest BCUT2D eigenvalue weighted by atomic mass is 35.5. The molecule has 3 aromatic carbocycles. The van der Waals surface area contributed by atoms with Gasteiger partial charge in [-0.15, -0.1) is 11.8 Å². The van der Waals surface area contributed by atoms with Gasteiger partial charge in [0.25, 0.3) is 5.91 Å². The molecule has 0 radical (unpaired) electrons. The van der Waals surface area contributed by atoms with Gasteiger partial charge in [-0.2, -0.15) is 0 Å². The van der Waals surface area contributed by atoms with E-state index in [1.54, 1.807) is 31.2 Å². The highest BCUT2D eigenvalue weighted by Crippen LogP contribution is 2.38. The maximum absolute atomic E-state index is 14.7. The number of benzene rings is 3. The van der Waals surface area contributed by atoms with Gasteiger partial charge in [-0.05, 0) is 41.8 Å². The second-order valence-corrected chi connectivity index (χ2v) is 8.79. The Kier molecular flexibility index (Phi) is 6.30. The van der Waals surface area contributed by atoms with Gasteiger partial charge >= 0.3 is 0 Å². The molecule has 1 fully saturated rings. The van der Waals surface area contributed by atoms with Crippen LogP contribution in [-0.2, 0) is 9.59 Å². The highest BCUT2D eigenvalue weighted by molar-refractivity contribution is 8.00. The van der Waals surface area contributed by atoms with Crippen molar-refractivity contribution in [3.8, 4) is 11.1 Å². The molecule has 1 aliphatic heterocycles. The average molecular weight is 455 g/mol. The number of rotatable bonds is 5. The smallest absolute Gasteiger partial charge is 0.252 e. The third-order valence-electron chi connectivity index (χ3n) is 5.22. The fraction of sp³-hybridized carbons (Fsp3) is 0.167.